The SMILES string of the molecule is CC.CCC(C)C(CC)C(CC)c1c(C)cccc1C. The molecule has 1 rings (SSSR count). The van der Waals surface area contributed by atoms with Crippen molar-refractivity contribution in [3.8, 4) is 0 Å². The molecule has 0 bridgehead atoms. The minimum Gasteiger partial charge on any atom is -0.0683 e. The lowest BCUT2D eigenvalue weighted by Gasteiger charge is -2.32. The maximum absolute atomic E-state index is 2.42. The summed E-state index contributed by atoms with van der Waals surface area (Å²) in [6.45, 7) is 18.0. The molecular weight excluding hydrogens is 240 g/mol. The summed E-state index contributed by atoms with van der Waals surface area (Å²) in [7, 11) is 0. The molecule has 0 aliphatic heterocycles. The molecule has 0 nitrogen and oxygen atoms in total. The third-order valence-corrected chi connectivity index (χ3v) is 4.72. The lowest BCUT2D eigenvalue weighted by Crippen LogP contribution is -2.20. The van der Waals surface area contributed by atoms with Crippen molar-refractivity contribution in [3.05, 3.63) is 34.9 Å². The maximum atomic E-state index is 2.42. The second-order valence-electron chi connectivity index (χ2n) is 5.78. The summed E-state index contributed by atoms with van der Waals surface area (Å²) in [6, 6.07) is 6.73. The van der Waals surface area contributed by atoms with Crippen molar-refractivity contribution < 1.29 is 0 Å². The molecule has 0 amide bonds. The Morgan fingerprint density at radius 1 is 0.850 bits per heavy atom. The summed E-state index contributed by atoms with van der Waals surface area (Å²) in [5, 5.41) is 0. The van der Waals surface area contributed by atoms with Gasteiger partial charge in [0.05, 0.1) is 0 Å². The Morgan fingerprint density at radius 3 is 1.70 bits per heavy atom. The predicted octanol–water partition coefficient (Wildman–Crippen LogP) is 6.90. The fraction of sp³-hybridized carbons (Fsp3) is 0.700. The van der Waals surface area contributed by atoms with Crippen molar-refractivity contribution in [3.63, 3.8) is 0 Å². The van der Waals surface area contributed by atoms with Crippen molar-refractivity contribution >= 4 is 0 Å². The fourth-order valence-corrected chi connectivity index (χ4v) is 3.52. The average Bonchev–Trinajstić information content (AvgIpc) is 2.47. The van der Waals surface area contributed by atoms with Crippen LogP contribution in [0.1, 0.15) is 83.4 Å². The first-order valence-corrected chi connectivity index (χ1v) is 8.62. The van der Waals surface area contributed by atoms with Gasteiger partial charge in [-0.05, 0) is 54.7 Å². The van der Waals surface area contributed by atoms with E-state index < -0.39 is 0 Å². The van der Waals surface area contributed by atoms with Gasteiger partial charge in [-0.25, -0.2) is 0 Å². The van der Waals surface area contributed by atoms with Crippen LogP contribution in [0.15, 0.2) is 18.2 Å². The molecule has 0 spiro atoms. The van der Waals surface area contributed by atoms with E-state index in [-0.39, 0.29) is 0 Å². The van der Waals surface area contributed by atoms with Crippen LogP contribution >= 0.6 is 0 Å². The second-order valence-corrected chi connectivity index (χ2v) is 5.78. The zero-order valence-corrected chi connectivity index (χ0v) is 15.1. The van der Waals surface area contributed by atoms with Crippen molar-refractivity contribution in [2.45, 2.75) is 80.6 Å². The number of hydrogen-bond donors (Lipinski definition) is 0. The molecular formula is C20H36. The summed E-state index contributed by atoms with van der Waals surface area (Å²) in [5.74, 6) is 2.37. The summed E-state index contributed by atoms with van der Waals surface area (Å²) in [5.41, 5.74) is 4.57. The largest absolute Gasteiger partial charge is 0.0683 e. The Bertz CT molecular complexity index is 344. The Balaban J connectivity index is 0.00000172. The molecule has 0 aliphatic carbocycles. The van der Waals surface area contributed by atoms with Crippen LogP contribution in [0, 0.1) is 25.7 Å². The minimum absolute atomic E-state index is 0.728. The van der Waals surface area contributed by atoms with E-state index in [1.54, 1.807) is 5.56 Å². The van der Waals surface area contributed by atoms with Gasteiger partial charge in [0, 0.05) is 0 Å². The Kier molecular flexibility index (Phi) is 9.63. The molecule has 0 heteroatoms. The zero-order chi connectivity index (χ0) is 15.7. The Hall–Kier alpha value is -0.780. The molecule has 0 radical (unpaired) electrons. The molecule has 1 aromatic carbocycles. The van der Waals surface area contributed by atoms with Gasteiger partial charge in [-0.15, -0.1) is 0 Å². The van der Waals surface area contributed by atoms with Gasteiger partial charge >= 0.3 is 0 Å². The van der Waals surface area contributed by atoms with E-state index in [1.165, 1.54) is 30.4 Å². The first-order chi connectivity index (χ1) is 9.56. The summed E-state index contributed by atoms with van der Waals surface area (Å²) >= 11 is 0. The molecule has 0 aromatic heterocycles. The van der Waals surface area contributed by atoms with Crippen LogP contribution < -0.4 is 0 Å². The highest BCUT2D eigenvalue weighted by Gasteiger charge is 2.26. The van der Waals surface area contributed by atoms with Gasteiger partial charge < -0.3 is 0 Å². The monoisotopic (exact) mass is 276 g/mol. The van der Waals surface area contributed by atoms with Gasteiger partial charge in [-0.3, -0.25) is 0 Å². The van der Waals surface area contributed by atoms with Crippen molar-refractivity contribution in [2.24, 2.45) is 11.8 Å². The number of aryl methyl sites for hydroxylation is 2. The molecule has 0 N–H and O–H groups in total. The van der Waals surface area contributed by atoms with E-state index in [0.29, 0.717) is 0 Å². The molecule has 0 heterocycles. The smallest absolute Gasteiger partial charge is 0.0129 e. The highest BCUT2D eigenvalue weighted by atomic mass is 14.3. The Morgan fingerprint density at radius 2 is 1.35 bits per heavy atom. The quantitative estimate of drug-likeness (QED) is 0.530. The topological polar surface area (TPSA) is 0 Å². The molecule has 1 aromatic rings. The van der Waals surface area contributed by atoms with Gasteiger partial charge in [0.1, 0.15) is 0 Å². The van der Waals surface area contributed by atoms with Crippen LogP contribution in [0.2, 0.25) is 0 Å². The Labute approximate surface area is 128 Å². The number of hydrogen-bond acceptors (Lipinski definition) is 0. The lowest BCUT2D eigenvalue weighted by atomic mass is 9.73. The van der Waals surface area contributed by atoms with Crippen molar-refractivity contribution in [2.75, 3.05) is 0 Å². The van der Waals surface area contributed by atoms with Crippen LogP contribution in [0.3, 0.4) is 0 Å². The van der Waals surface area contributed by atoms with Gasteiger partial charge in [0.15, 0.2) is 0 Å². The average molecular weight is 277 g/mol. The van der Waals surface area contributed by atoms with Crippen LogP contribution in [0.5, 0.6) is 0 Å². The normalized spacial score (nSPS) is 15.0. The van der Waals surface area contributed by atoms with Gasteiger partial charge in [-0.1, -0.05) is 72.6 Å². The zero-order valence-electron chi connectivity index (χ0n) is 15.1. The van der Waals surface area contributed by atoms with Crippen molar-refractivity contribution in [1.82, 2.24) is 0 Å². The van der Waals surface area contributed by atoms with E-state index in [4.69, 9.17) is 0 Å². The van der Waals surface area contributed by atoms with E-state index in [9.17, 15) is 0 Å². The van der Waals surface area contributed by atoms with E-state index in [1.807, 2.05) is 13.8 Å². The van der Waals surface area contributed by atoms with Crippen LogP contribution in [-0.2, 0) is 0 Å². The van der Waals surface area contributed by atoms with Gasteiger partial charge in [0.2, 0.25) is 0 Å². The highest BCUT2D eigenvalue weighted by Crippen LogP contribution is 2.39. The van der Waals surface area contributed by atoms with E-state index in [0.717, 1.165) is 17.8 Å². The lowest BCUT2D eigenvalue weighted by molar-refractivity contribution is 0.275. The molecule has 0 saturated carbocycles. The fourth-order valence-electron chi connectivity index (χ4n) is 3.52. The standard InChI is InChI=1S/C18H30.C2H6/c1-7-13(4)16(8-2)17(9-3)18-14(5)11-10-12-15(18)6;1-2/h10-13,16-17H,7-9H2,1-6H3;1-2H3. The number of benzene rings is 1. The molecule has 0 fully saturated rings. The summed E-state index contributed by atoms with van der Waals surface area (Å²) in [6.07, 6.45) is 3.84. The maximum Gasteiger partial charge on any atom is -0.0129 e. The van der Waals surface area contributed by atoms with Crippen LogP contribution in [0.25, 0.3) is 0 Å². The van der Waals surface area contributed by atoms with Gasteiger partial charge in [0.25, 0.3) is 0 Å². The second kappa shape index (κ2) is 10.0. The van der Waals surface area contributed by atoms with E-state index >= 15 is 0 Å². The molecule has 20 heavy (non-hydrogen) atoms. The van der Waals surface area contributed by atoms with Crippen LogP contribution in [-0.4, -0.2) is 0 Å². The first kappa shape index (κ1) is 19.2. The molecule has 3 atom stereocenters. The molecule has 3 unspecified atom stereocenters. The molecule has 0 saturated heterocycles. The minimum atomic E-state index is 0.728. The van der Waals surface area contributed by atoms with E-state index in [2.05, 4.69) is 59.7 Å². The third kappa shape index (κ3) is 4.65. The van der Waals surface area contributed by atoms with Gasteiger partial charge in [-0.2, -0.15) is 0 Å². The first-order valence-electron chi connectivity index (χ1n) is 8.62. The molecule has 0 aliphatic rings. The van der Waals surface area contributed by atoms with Crippen molar-refractivity contribution in [1.29, 1.82) is 0 Å². The molecule has 116 valence electrons. The summed E-state index contributed by atoms with van der Waals surface area (Å²) in [4.78, 5) is 0. The van der Waals surface area contributed by atoms with Crippen LogP contribution in [0.4, 0.5) is 0 Å². The summed E-state index contributed by atoms with van der Waals surface area (Å²) < 4.78 is 0. The number of rotatable bonds is 6. The highest BCUT2D eigenvalue weighted by molar-refractivity contribution is 5.37. The predicted molar refractivity (Wildman–Crippen MR) is 93.5 cm³/mol. The third-order valence-electron chi connectivity index (χ3n) is 4.72.